The summed E-state index contributed by atoms with van der Waals surface area (Å²) >= 11 is 0. The van der Waals surface area contributed by atoms with E-state index in [-0.39, 0.29) is 5.92 Å². The standard InChI is InChI=1S/C27H33NO7/c1-30-20-16-21(31-2)25(26-19(20)8-9-24(29)35-26)18(10-13-28-11-6-7-12-28)17-14-22(32-3)27(34-5)23(15-17)33-4/h8-9,14-16,18H,6-7,10-13H2,1-5H3/t18-/m1/s1. The molecule has 0 aliphatic carbocycles. The summed E-state index contributed by atoms with van der Waals surface area (Å²) in [5.41, 5.74) is 1.75. The maximum Gasteiger partial charge on any atom is 0.336 e. The van der Waals surface area contributed by atoms with Gasteiger partial charge >= 0.3 is 5.63 Å². The summed E-state index contributed by atoms with van der Waals surface area (Å²) in [7, 11) is 7.98. The highest BCUT2D eigenvalue weighted by atomic mass is 16.5. The van der Waals surface area contributed by atoms with Crippen molar-refractivity contribution in [1.82, 2.24) is 4.90 Å². The van der Waals surface area contributed by atoms with Crippen LogP contribution in [-0.4, -0.2) is 60.1 Å². The van der Waals surface area contributed by atoms with Crippen LogP contribution in [0.1, 0.15) is 36.3 Å². The van der Waals surface area contributed by atoms with E-state index in [2.05, 4.69) is 4.90 Å². The van der Waals surface area contributed by atoms with Gasteiger partial charge in [0.05, 0.1) is 40.9 Å². The van der Waals surface area contributed by atoms with E-state index in [1.807, 2.05) is 18.2 Å². The molecule has 1 aliphatic rings. The van der Waals surface area contributed by atoms with Gasteiger partial charge in [-0.2, -0.15) is 0 Å². The Morgan fingerprint density at radius 1 is 0.829 bits per heavy atom. The molecule has 8 heteroatoms. The summed E-state index contributed by atoms with van der Waals surface area (Å²) in [5, 5.41) is 0.710. The molecule has 8 nitrogen and oxygen atoms in total. The van der Waals surface area contributed by atoms with Crippen molar-refractivity contribution >= 4 is 11.0 Å². The largest absolute Gasteiger partial charge is 0.496 e. The molecule has 1 atom stereocenters. The van der Waals surface area contributed by atoms with Crippen LogP contribution >= 0.6 is 0 Å². The average molecular weight is 484 g/mol. The minimum absolute atomic E-state index is 0.182. The number of benzene rings is 2. The van der Waals surface area contributed by atoms with Gasteiger partial charge in [0.1, 0.15) is 17.1 Å². The number of fused-ring (bicyclic) bond motifs is 1. The monoisotopic (exact) mass is 483 g/mol. The molecule has 0 saturated carbocycles. The smallest absolute Gasteiger partial charge is 0.336 e. The van der Waals surface area contributed by atoms with E-state index in [9.17, 15) is 4.79 Å². The average Bonchev–Trinajstić information content (AvgIpc) is 3.41. The Morgan fingerprint density at radius 2 is 1.46 bits per heavy atom. The number of hydrogen-bond acceptors (Lipinski definition) is 8. The van der Waals surface area contributed by atoms with Crippen LogP contribution in [0.2, 0.25) is 0 Å². The molecule has 0 unspecified atom stereocenters. The molecule has 0 spiro atoms. The first kappa shape index (κ1) is 24.7. The van der Waals surface area contributed by atoms with Crippen molar-refractivity contribution < 1.29 is 28.1 Å². The van der Waals surface area contributed by atoms with Crippen LogP contribution in [-0.2, 0) is 0 Å². The first-order valence-corrected chi connectivity index (χ1v) is 11.8. The fraction of sp³-hybridized carbons (Fsp3) is 0.444. The second-order valence-electron chi connectivity index (χ2n) is 8.54. The molecule has 1 saturated heterocycles. The molecule has 0 N–H and O–H groups in total. The summed E-state index contributed by atoms with van der Waals surface area (Å²) in [6, 6.07) is 8.88. The Morgan fingerprint density at radius 3 is 2.03 bits per heavy atom. The molecule has 0 amide bonds. The number of methoxy groups -OCH3 is 5. The quantitative estimate of drug-likeness (QED) is 0.391. The van der Waals surface area contributed by atoms with Crippen molar-refractivity contribution in [2.45, 2.75) is 25.2 Å². The number of nitrogens with zero attached hydrogens (tertiary/aromatic N) is 1. The molecular formula is C27H33NO7. The van der Waals surface area contributed by atoms with E-state index >= 15 is 0 Å². The van der Waals surface area contributed by atoms with Gasteiger partial charge in [-0.05, 0) is 62.7 Å². The van der Waals surface area contributed by atoms with E-state index < -0.39 is 5.63 Å². The molecule has 35 heavy (non-hydrogen) atoms. The van der Waals surface area contributed by atoms with Crippen LogP contribution in [0.4, 0.5) is 0 Å². The van der Waals surface area contributed by atoms with Gasteiger partial charge in [0.2, 0.25) is 5.75 Å². The molecule has 3 aromatic rings. The van der Waals surface area contributed by atoms with Gasteiger partial charge in [-0.3, -0.25) is 0 Å². The van der Waals surface area contributed by atoms with Crippen molar-refractivity contribution in [3.8, 4) is 28.7 Å². The van der Waals surface area contributed by atoms with Crippen LogP contribution in [0.3, 0.4) is 0 Å². The Bertz CT molecular complexity index is 1210. The summed E-state index contributed by atoms with van der Waals surface area (Å²) < 4.78 is 34.0. The van der Waals surface area contributed by atoms with Crippen LogP contribution in [0, 0.1) is 0 Å². The SMILES string of the molecule is COc1cc([C@@H](CCN2CCCC2)c2c(OC)cc(OC)c3ccc(=O)oc23)cc(OC)c1OC. The summed E-state index contributed by atoms with van der Waals surface area (Å²) in [6.07, 6.45) is 3.19. The van der Waals surface area contributed by atoms with E-state index in [0.29, 0.717) is 39.7 Å². The van der Waals surface area contributed by atoms with E-state index in [1.165, 1.54) is 18.9 Å². The lowest BCUT2D eigenvalue weighted by molar-refractivity contribution is 0.318. The van der Waals surface area contributed by atoms with Crippen LogP contribution in [0.5, 0.6) is 28.7 Å². The normalized spacial score (nSPS) is 14.7. The fourth-order valence-electron chi connectivity index (χ4n) is 4.96. The number of hydrogen-bond donors (Lipinski definition) is 0. The molecule has 1 aromatic heterocycles. The third kappa shape index (κ3) is 4.89. The number of ether oxygens (including phenoxy) is 5. The van der Waals surface area contributed by atoms with Gasteiger partial charge in [-0.15, -0.1) is 0 Å². The Kier molecular flexibility index (Phi) is 7.70. The van der Waals surface area contributed by atoms with Crippen LogP contribution in [0.15, 0.2) is 39.5 Å². The zero-order valence-electron chi connectivity index (χ0n) is 21.0. The zero-order chi connectivity index (χ0) is 24.9. The first-order chi connectivity index (χ1) is 17.0. The van der Waals surface area contributed by atoms with E-state index in [1.54, 1.807) is 41.6 Å². The van der Waals surface area contributed by atoms with Gasteiger partial charge in [0.25, 0.3) is 0 Å². The highest BCUT2D eigenvalue weighted by molar-refractivity contribution is 5.89. The maximum absolute atomic E-state index is 12.3. The molecule has 2 heterocycles. The number of likely N-dealkylation sites (tertiary alicyclic amines) is 1. The highest BCUT2D eigenvalue weighted by Gasteiger charge is 2.28. The predicted molar refractivity (Wildman–Crippen MR) is 134 cm³/mol. The van der Waals surface area contributed by atoms with Crippen LogP contribution in [0.25, 0.3) is 11.0 Å². The molecule has 4 rings (SSSR count). The second kappa shape index (κ2) is 10.9. The molecule has 0 bridgehead atoms. The highest BCUT2D eigenvalue weighted by Crippen LogP contribution is 2.47. The summed E-state index contributed by atoms with van der Waals surface area (Å²) in [4.78, 5) is 14.8. The third-order valence-corrected chi connectivity index (χ3v) is 6.68. The molecule has 0 radical (unpaired) electrons. The number of rotatable bonds is 10. The third-order valence-electron chi connectivity index (χ3n) is 6.68. The summed E-state index contributed by atoms with van der Waals surface area (Å²) in [6.45, 7) is 3.05. The second-order valence-corrected chi connectivity index (χ2v) is 8.54. The lowest BCUT2D eigenvalue weighted by Crippen LogP contribution is -2.23. The first-order valence-electron chi connectivity index (χ1n) is 11.8. The predicted octanol–water partition coefficient (Wildman–Crippen LogP) is 4.45. The Balaban J connectivity index is 1.96. The minimum atomic E-state index is -0.433. The van der Waals surface area contributed by atoms with Crippen molar-refractivity contribution in [3.05, 3.63) is 51.9 Å². The fourth-order valence-corrected chi connectivity index (χ4v) is 4.96. The molecule has 188 valence electrons. The Hall–Kier alpha value is -3.39. The zero-order valence-corrected chi connectivity index (χ0v) is 21.0. The van der Waals surface area contributed by atoms with Crippen molar-refractivity contribution in [2.75, 3.05) is 55.2 Å². The van der Waals surface area contributed by atoms with Gasteiger partial charge < -0.3 is 33.0 Å². The summed E-state index contributed by atoms with van der Waals surface area (Å²) in [5.74, 6) is 2.63. The lowest BCUT2D eigenvalue weighted by atomic mass is 9.86. The topological polar surface area (TPSA) is 79.6 Å². The van der Waals surface area contributed by atoms with Gasteiger partial charge in [0, 0.05) is 23.6 Å². The molecule has 1 aliphatic heterocycles. The molecular weight excluding hydrogens is 450 g/mol. The van der Waals surface area contributed by atoms with Crippen molar-refractivity contribution in [3.63, 3.8) is 0 Å². The minimum Gasteiger partial charge on any atom is -0.496 e. The Labute approximate surface area is 205 Å². The molecule has 2 aromatic carbocycles. The maximum atomic E-state index is 12.3. The van der Waals surface area contributed by atoms with Gasteiger partial charge in [-0.1, -0.05) is 0 Å². The molecule has 1 fully saturated rings. The van der Waals surface area contributed by atoms with E-state index in [0.717, 1.165) is 37.2 Å². The van der Waals surface area contributed by atoms with Crippen molar-refractivity contribution in [2.24, 2.45) is 0 Å². The van der Waals surface area contributed by atoms with Crippen LogP contribution < -0.4 is 29.3 Å². The lowest BCUT2D eigenvalue weighted by Gasteiger charge is -2.26. The van der Waals surface area contributed by atoms with E-state index in [4.69, 9.17) is 28.1 Å². The van der Waals surface area contributed by atoms with Gasteiger partial charge in [-0.25, -0.2) is 4.79 Å². The van der Waals surface area contributed by atoms with Crippen molar-refractivity contribution in [1.29, 1.82) is 0 Å². The van der Waals surface area contributed by atoms with Gasteiger partial charge in [0.15, 0.2) is 11.5 Å².